The van der Waals surface area contributed by atoms with Gasteiger partial charge >= 0.3 is 0 Å². The second kappa shape index (κ2) is 7.54. The first-order valence-electron chi connectivity index (χ1n) is 11.0. The Balaban J connectivity index is 0.00000204. The van der Waals surface area contributed by atoms with Gasteiger partial charge in [0.1, 0.15) is 0 Å². The van der Waals surface area contributed by atoms with Gasteiger partial charge in [0.25, 0.3) is 0 Å². The molecule has 2 fully saturated rings. The number of halogens is 1. The first kappa shape index (κ1) is 20.9. The quantitative estimate of drug-likeness (QED) is 0.634. The Kier molecular flexibility index (Phi) is 5.07. The Morgan fingerprint density at radius 2 is 1.74 bits per heavy atom. The van der Waals surface area contributed by atoms with Crippen molar-refractivity contribution in [3.05, 3.63) is 53.7 Å². The molecule has 5 nitrogen and oxygen atoms in total. The summed E-state index contributed by atoms with van der Waals surface area (Å²) in [5.41, 5.74) is 4.98. The van der Waals surface area contributed by atoms with Crippen molar-refractivity contribution in [3.63, 3.8) is 0 Å². The fraction of sp³-hybridized carbons (Fsp3) is 0.417. The van der Waals surface area contributed by atoms with Gasteiger partial charge in [-0.05, 0) is 55.5 Å². The largest absolute Gasteiger partial charge is 0.370 e. The van der Waals surface area contributed by atoms with E-state index in [1.807, 2.05) is 18.2 Å². The van der Waals surface area contributed by atoms with Crippen LogP contribution >= 0.6 is 12.4 Å². The smallest absolute Gasteiger partial charge is 0.206 e. The van der Waals surface area contributed by atoms with Crippen molar-refractivity contribution in [2.24, 2.45) is 7.05 Å². The Labute approximate surface area is 189 Å². The summed E-state index contributed by atoms with van der Waals surface area (Å²) >= 11 is 0. The highest BCUT2D eigenvalue weighted by molar-refractivity contribution is 7.91. The maximum Gasteiger partial charge on any atom is 0.206 e. The van der Waals surface area contributed by atoms with Crippen LogP contribution in [0.2, 0.25) is 0 Å². The Hall–Kier alpha value is -2.02. The van der Waals surface area contributed by atoms with Crippen LogP contribution in [0.5, 0.6) is 0 Å². The van der Waals surface area contributed by atoms with Crippen molar-refractivity contribution in [3.8, 4) is 0 Å². The Bertz CT molecular complexity index is 1250. The van der Waals surface area contributed by atoms with Gasteiger partial charge in [-0.3, -0.25) is 0 Å². The number of fused-ring (bicyclic) bond motifs is 6. The lowest BCUT2D eigenvalue weighted by Crippen LogP contribution is -2.32. The SMILES string of the molecule is Cl.Cn1c2c(c3cc(S(=O)(=O)c4ccccc4)cc(N4CCCC4)c31)C1CCC(C2)N1. The van der Waals surface area contributed by atoms with Crippen molar-refractivity contribution >= 4 is 38.8 Å². The monoisotopic (exact) mass is 457 g/mol. The zero-order chi connectivity index (χ0) is 20.5. The molecular weight excluding hydrogens is 430 g/mol. The number of rotatable bonds is 3. The number of nitrogens with zero attached hydrogens (tertiary/aromatic N) is 2. The normalized spacial score (nSPS) is 22.5. The number of aryl methyl sites for hydroxylation is 1. The molecule has 2 aromatic carbocycles. The van der Waals surface area contributed by atoms with Crippen LogP contribution in [0.1, 0.15) is 43.0 Å². The van der Waals surface area contributed by atoms with Gasteiger partial charge in [-0.15, -0.1) is 12.4 Å². The molecule has 4 heterocycles. The predicted molar refractivity (Wildman–Crippen MR) is 126 cm³/mol. The number of hydrogen-bond donors (Lipinski definition) is 1. The molecule has 164 valence electrons. The van der Waals surface area contributed by atoms with E-state index in [9.17, 15) is 8.42 Å². The molecule has 2 bridgehead atoms. The van der Waals surface area contributed by atoms with Crippen molar-refractivity contribution in [1.29, 1.82) is 0 Å². The van der Waals surface area contributed by atoms with Crippen LogP contribution in [0.3, 0.4) is 0 Å². The summed E-state index contributed by atoms with van der Waals surface area (Å²) in [5, 5.41) is 4.87. The van der Waals surface area contributed by atoms with E-state index in [0.29, 0.717) is 21.9 Å². The lowest BCUT2D eigenvalue weighted by Gasteiger charge is -2.23. The van der Waals surface area contributed by atoms with Crippen LogP contribution < -0.4 is 10.2 Å². The fourth-order valence-electron chi connectivity index (χ4n) is 5.79. The molecular formula is C24H28ClN3O2S. The third-order valence-corrected chi connectivity index (χ3v) is 8.99. The van der Waals surface area contributed by atoms with Gasteiger partial charge in [0.15, 0.2) is 0 Å². The molecule has 3 aliphatic heterocycles. The summed E-state index contributed by atoms with van der Waals surface area (Å²) < 4.78 is 29.4. The van der Waals surface area contributed by atoms with Gasteiger partial charge in [-0.25, -0.2) is 8.42 Å². The lowest BCUT2D eigenvalue weighted by molar-refractivity contribution is 0.503. The van der Waals surface area contributed by atoms with Gasteiger partial charge in [-0.2, -0.15) is 0 Å². The molecule has 0 saturated carbocycles. The van der Waals surface area contributed by atoms with Gasteiger partial charge in [0, 0.05) is 49.7 Å². The van der Waals surface area contributed by atoms with Crippen LogP contribution in [0, 0.1) is 0 Å². The minimum atomic E-state index is -3.57. The summed E-state index contributed by atoms with van der Waals surface area (Å²) in [4.78, 5) is 3.15. The minimum Gasteiger partial charge on any atom is -0.370 e. The van der Waals surface area contributed by atoms with Crippen LogP contribution in [0.25, 0.3) is 10.9 Å². The summed E-state index contributed by atoms with van der Waals surface area (Å²) in [7, 11) is -1.41. The van der Waals surface area contributed by atoms with E-state index in [1.165, 1.54) is 23.2 Å². The van der Waals surface area contributed by atoms with E-state index >= 15 is 0 Å². The van der Waals surface area contributed by atoms with Crippen molar-refractivity contribution in [2.45, 2.75) is 54.0 Å². The lowest BCUT2D eigenvalue weighted by atomic mass is 9.99. The summed E-state index contributed by atoms with van der Waals surface area (Å²) in [5.74, 6) is 0. The predicted octanol–water partition coefficient (Wildman–Crippen LogP) is 4.38. The third-order valence-electron chi connectivity index (χ3n) is 7.24. The second-order valence-electron chi connectivity index (χ2n) is 8.97. The highest BCUT2D eigenvalue weighted by Gasteiger charge is 2.37. The summed E-state index contributed by atoms with van der Waals surface area (Å²) in [6.45, 7) is 1.98. The summed E-state index contributed by atoms with van der Waals surface area (Å²) in [6, 6.07) is 13.6. The third kappa shape index (κ3) is 3.11. The number of sulfone groups is 1. The van der Waals surface area contributed by atoms with E-state index in [-0.39, 0.29) is 12.4 Å². The highest BCUT2D eigenvalue weighted by Crippen LogP contribution is 2.45. The standard InChI is InChI=1S/C24H27N3O2S.ClH/c1-26-21-13-16-9-10-20(25-16)23(21)19-14-18(30(28,29)17-7-3-2-4-8-17)15-22(24(19)26)27-11-5-6-12-27;/h2-4,7-8,14-16,20,25H,5-6,9-13H2,1H3;1H. The van der Waals surface area contributed by atoms with E-state index < -0.39 is 9.84 Å². The molecule has 1 aromatic heterocycles. The number of anilines is 1. The molecule has 1 N–H and O–H groups in total. The highest BCUT2D eigenvalue weighted by atomic mass is 35.5. The van der Waals surface area contributed by atoms with Crippen LogP contribution in [-0.4, -0.2) is 32.1 Å². The average molecular weight is 458 g/mol. The van der Waals surface area contributed by atoms with E-state index in [1.54, 1.807) is 24.3 Å². The fourth-order valence-corrected chi connectivity index (χ4v) is 7.12. The first-order chi connectivity index (χ1) is 14.5. The summed E-state index contributed by atoms with van der Waals surface area (Å²) in [6.07, 6.45) is 5.67. The molecule has 3 aromatic rings. The molecule has 31 heavy (non-hydrogen) atoms. The first-order valence-corrected chi connectivity index (χ1v) is 12.5. The zero-order valence-electron chi connectivity index (χ0n) is 17.7. The molecule has 6 rings (SSSR count). The number of nitrogens with one attached hydrogen (secondary N) is 1. The van der Waals surface area contributed by atoms with Gasteiger partial charge in [0.05, 0.1) is 21.0 Å². The van der Waals surface area contributed by atoms with E-state index in [0.717, 1.165) is 49.8 Å². The molecule has 0 amide bonds. The van der Waals surface area contributed by atoms with Crippen LogP contribution in [0.15, 0.2) is 52.3 Å². The Morgan fingerprint density at radius 3 is 2.48 bits per heavy atom. The van der Waals surface area contributed by atoms with Crippen molar-refractivity contribution in [1.82, 2.24) is 9.88 Å². The van der Waals surface area contributed by atoms with Crippen LogP contribution in [-0.2, 0) is 23.3 Å². The maximum absolute atomic E-state index is 13.5. The van der Waals surface area contributed by atoms with Gasteiger partial charge in [-0.1, -0.05) is 18.2 Å². The van der Waals surface area contributed by atoms with E-state index in [2.05, 4.69) is 21.8 Å². The average Bonchev–Trinajstić information content (AvgIpc) is 3.49. The molecule has 0 radical (unpaired) electrons. The molecule has 0 aliphatic carbocycles. The van der Waals surface area contributed by atoms with Gasteiger partial charge < -0.3 is 14.8 Å². The molecule has 2 unspecified atom stereocenters. The molecule has 2 saturated heterocycles. The molecule has 3 aliphatic rings. The topological polar surface area (TPSA) is 54.3 Å². The zero-order valence-corrected chi connectivity index (χ0v) is 19.3. The molecule has 7 heteroatoms. The number of aromatic nitrogens is 1. The van der Waals surface area contributed by atoms with Gasteiger partial charge in [0.2, 0.25) is 9.84 Å². The van der Waals surface area contributed by atoms with E-state index in [4.69, 9.17) is 0 Å². The van der Waals surface area contributed by atoms with Crippen molar-refractivity contribution < 1.29 is 8.42 Å². The Morgan fingerprint density at radius 1 is 1.00 bits per heavy atom. The number of benzene rings is 2. The number of hydrogen-bond acceptors (Lipinski definition) is 4. The molecule has 0 spiro atoms. The second-order valence-corrected chi connectivity index (χ2v) is 10.9. The minimum absolute atomic E-state index is 0. The molecule has 2 atom stereocenters. The van der Waals surface area contributed by atoms with Crippen molar-refractivity contribution in [2.75, 3.05) is 18.0 Å². The van der Waals surface area contributed by atoms with Crippen LogP contribution in [0.4, 0.5) is 5.69 Å². The maximum atomic E-state index is 13.5.